The highest BCUT2D eigenvalue weighted by atomic mass is 79.9. The van der Waals surface area contributed by atoms with Crippen LogP contribution in [-0.2, 0) is 0 Å². The van der Waals surface area contributed by atoms with Gasteiger partial charge in [0.1, 0.15) is 5.69 Å². The minimum atomic E-state index is -0.414. The molecule has 0 radical (unpaired) electrons. The smallest absolute Gasteiger partial charge is 0.293 e. The van der Waals surface area contributed by atoms with Crippen molar-refractivity contribution in [2.45, 2.75) is 19.3 Å². The average molecular weight is 298 g/mol. The third-order valence-corrected chi connectivity index (χ3v) is 2.68. The number of nitrogens with one attached hydrogen (secondary N) is 1. The van der Waals surface area contributed by atoms with Gasteiger partial charge in [0.2, 0.25) is 0 Å². The summed E-state index contributed by atoms with van der Waals surface area (Å²) in [4.78, 5) is 10.4. The molecule has 1 aromatic rings. The number of benzene rings is 1. The minimum Gasteiger partial charge on any atom is -0.379 e. The van der Waals surface area contributed by atoms with Gasteiger partial charge >= 0.3 is 0 Å². The lowest BCUT2D eigenvalue weighted by Gasteiger charge is -2.06. The number of anilines is 1. The first kappa shape index (κ1) is 13.5. The van der Waals surface area contributed by atoms with E-state index >= 15 is 0 Å². The van der Waals surface area contributed by atoms with Crippen LogP contribution in [-0.4, -0.2) is 11.5 Å². The Balaban J connectivity index is 2.59. The van der Waals surface area contributed by atoms with E-state index in [2.05, 4.69) is 27.3 Å². The first-order chi connectivity index (χ1) is 8.15. The molecule has 0 aliphatic carbocycles. The first-order valence-corrected chi connectivity index (χ1v) is 5.99. The molecule has 0 aliphatic heterocycles. The van der Waals surface area contributed by atoms with E-state index in [0.717, 1.165) is 12.8 Å². The molecular weight excluding hydrogens is 286 g/mol. The van der Waals surface area contributed by atoms with Crippen LogP contribution in [0.3, 0.4) is 0 Å². The third-order valence-electron chi connectivity index (χ3n) is 2.19. The lowest BCUT2D eigenvalue weighted by molar-refractivity contribution is -0.384. The largest absolute Gasteiger partial charge is 0.379 e. The van der Waals surface area contributed by atoms with Gasteiger partial charge in [-0.2, -0.15) is 5.26 Å². The molecule has 6 heteroatoms. The van der Waals surface area contributed by atoms with E-state index in [1.807, 2.05) is 0 Å². The summed E-state index contributed by atoms with van der Waals surface area (Å²) in [5, 5.41) is 22.2. The van der Waals surface area contributed by atoms with Gasteiger partial charge in [0.05, 0.1) is 11.0 Å². The molecular formula is C11H12BrN3O2. The molecule has 0 aromatic heterocycles. The molecule has 1 N–H and O–H groups in total. The summed E-state index contributed by atoms with van der Waals surface area (Å²) in [6, 6.07) is 6.96. The monoisotopic (exact) mass is 297 g/mol. The second kappa shape index (κ2) is 6.86. The van der Waals surface area contributed by atoms with Gasteiger partial charge in [-0.1, -0.05) is 15.9 Å². The topological polar surface area (TPSA) is 79.0 Å². The van der Waals surface area contributed by atoms with E-state index in [9.17, 15) is 10.1 Å². The van der Waals surface area contributed by atoms with Crippen molar-refractivity contribution in [3.63, 3.8) is 0 Å². The molecule has 0 saturated carbocycles. The van der Waals surface area contributed by atoms with Gasteiger partial charge in [-0.05, 0) is 25.0 Å². The maximum atomic E-state index is 10.8. The molecule has 0 atom stereocenters. The number of halogens is 1. The molecule has 0 fully saturated rings. The third kappa shape index (κ3) is 4.41. The highest BCUT2D eigenvalue weighted by Crippen LogP contribution is 2.27. The fourth-order valence-corrected chi connectivity index (χ4v) is 1.71. The summed E-state index contributed by atoms with van der Waals surface area (Å²) in [6.07, 6.45) is 2.14. The fourth-order valence-electron chi connectivity index (χ4n) is 1.36. The van der Waals surface area contributed by atoms with E-state index in [4.69, 9.17) is 5.26 Å². The molecule has 0 saturated heterocycles. The van der Waals surface area contributed by atoms with Gasteiger partial charge in [0.25, 0.3) is 5.69 Å². The van der Waals surface area contributed by atoms with Crippen molar-refractivity contribution in [2.75, 3.05) is 11.9 Å². The zero-order valence-corrected chi connectivity index (χ0v) is 10.7. The minimum absolute atomic E-state index is 0.0552. The van der Waals surface area contributed by atoms with Crippen LogP contribution in [0, 0.1) is 21.4 Å². The van der Waals surface area contributed by atoms with Crippen LogP contribution in [0.15, 0.2) is 22.7 Å². The van der Waals surface area contributed by atoms with Gasteiger partial charge in [0, 0.05) is 23.5 Å². The van der Waals surface area contributed by atoms with Gasteiger partial charge in [-0.15, -0.1) is 0 Å². The van der Waals surface area contributed by atoms with E-state index in [-0.39, 0.29) is 5.69 Å². The number of hydrogen-bond donors (Lipinski definition) is 1. The number of rotatable bonds is 6. The molecule has 17 heavy (non-hydrogen) atoms. The summed E-state index contributed by atoms with van der Waals surface area (Å²) in [6.45, 7) is 0.629. The van der Waals surface area contributed by atoms with Crippen molar-refractivity contribution >= 4 is 27.3 Å². The zero-order valence-electron chi connectivity index (χ0n) is 9.15. The predicted molar refractivity (Wildman–Crippen MR) is 68.8 cm³/mol. The summed E-state index contributed by atoms with van der Waals surface area (Å²) < 4.78 is 0.680. The molecule has 0 heterocycles. The molecule has 0 unspecified atom stereocenters. The maximum Gasteiger partial charge on any atom is 0.293 e. The summed E-state index contributed by atoms with van der Waals surface area (Å²) in [5.41, 5.74) is 0.565. The second-order valence-corrected chi connectivity index (χ2v) is 4.38. The average Bonchev–Trinajstić information content (AvgIpc) is 2.30. The lowest BCUT2D eigenvalue weighted by atomic mass is 10.2. The Morgan fingerprint density at radius 3 is 2.88 bits per heavy atom. The summed E-state index contributed by atoms with van der Waals surface area (Å²) in [5.74, 6) is 0. The van der Waals surface area contributed by atoms with Crippen molar-refractivity contribution in [3.8, 4) is 6.07 Å². The van der Waals surface area contributed by atoms with E-state index in [1.165, 1.54) is 6.07 Å². The van der Waals surface area contributed by atoms with E-state index < -0.39 is 4.92 Å². The molecule has 1 rings (SSSR count). The van der Waals surface area contributed by atoms with Crippen LogP contribution in [0.5, 0.6) is 0 Å². The van der Waals surface area contributed by atoms with Crippen molar-refractivity contribution < 1.29 is 4.92 Å². The molecule has 5 nitrogen and oxygen atoms in total. The van der Waals surface area contributed by atoms with Crippen molar-refractivity contribution in [3.05, 3.63) is 32.8 Å². The first-order valence-electron chi connectivity index (χ1n) is 5.20. The Hall–Kier alpha value is -1.61. The van der Waals surface area contributed by atoms with Crippen LogP contribution in [0.1, 0.15) is 19.3 Å². The number of unbranched alkanes of at least 4 members (excludes halogenated alkanes) is 2. The quantitative estimate of drug-likeness (QED) is 0.495. The Kier molecular flexibility index (Phi) is 5.43. The van der Waals surface area contributed by atoms with Crippen LogP contribution < -0.4 is 5.32 Å². The van der Waals surface area contributed by atoms with Gasteiger partial charge in [-0.3, -0.25) is 10.1 Å². The number of nitrogens with zero attached hydrogens (tertiary/aromatic N) is 2. The molecule has 1 aromatic carbocycles. The van der Waals surface area contributed by atoms with Crippen molar-refractivity contribution in [1.82, 2.24) is 0 Å². The molecule has 0 amide bonds. The normalized spacial score (nSPS) is 9.65. The Morgan fingerprint density at radius 1 is 1.47 bits per heavy atom. The highest BCUT2D eigenvalue weighted by Gasteiger charge is 2.13. The van der Waals surface area contributed by atoms with Crippen molar-refractivity contribution in [2.24, 2.45) is 0 Å². The maximum absolute atomic E-state index is 10.8. The Morgan fingerprint density at radius 2 is 2.24 bits per heavy atom. The van der Waals surface area contributed by atoms with E-state index in [0.29, 0.717) is 23.1 Å². The van der Waals surface area contributed by atoms with Crippen molar-refractivity contribution in [1.29, 1.82) is 5.26 Å². The number of nitro groups is 1. The SMILES string of the molecule is N#CCCCCNc1ccc(Br)cc1[N+](=O)[O-]. The zero-order chi connectivity index (χ0) is 12.7. The second-order valence-electron chi connectivity index (χ2n) is 3.46. The lowest BCUT2D eigenvalue weighted by Crippen LogP contribution is -2.04. The van der Waals surface area contributed by atoms with Gasteiger partial charge in [0.15, 0.2) is 0 Å². The molecule has 0 spiro atoms. The summed E-state index contributed by atoms with van der Waals surface area (Å²) >= 11 is 3.20. The number of hydrogen-bond acceptors (Lipinski definition) is 4. The number of nitriles is 1. The Bertz CT molecular complexity index is 443. The van der Waals surface area contributed by atoms with Gasteiger partial charge in [-0.25, -0.2) is 0 Å². The Labute approximate surface area is 108 Å². The number of nitro benzene ring substituents is 1. The highest BCUT2D eigenvalue weighted by molar-refractivity contribution is 9.10. The molecule has 0 aliphatic rings. The summed E-state index contributed by atoms with van der Waals surface area (Å²) in [7, 11) is 0. The van der Waals surface area contributed by atoms with Crippen LogP contribution in [0.25, 0.3) is 0 Å². The molecule has 0 bridgehead atoms. The standard InChI is InChI=1S/C11H12BrN3O2/c12-9-4-5-10(11(8-9)15(16)17)14-7-3-1-2-6-13/h4-5,8,14H,1-3,7H2. The van der Waals surface area contributed by atoms with Crippen LogP contribution >= 0.6 is 15.9 Å². The fraction of sp³-hybridized carbons (Fsp3) is 0.364. The van der Waals surface area contributed by atoms with E-state index in [1.54, 1.807) is 12.1 Å². The van der Waals surface area contributed by atoms with Crippen LogP contribution in [0.4, 0.5) is 11.4 Å². The molecule has 90 valence electrons. The predicted octanol–water partition coefficient (Wildman–Crippen LogP) is 3.46. The van der Waals surface area contributed by atoms with Crippen LogP contribution in [0.2, 0.25) is 0 Å². The van der Waals surface area contributed by atoms with Gasteiger partial charge < -0.3 is 5.32 Å².